The zero-order valence-corrected chi connectivity index (χ0v) is 14.7. The summed E-state index contributed by atoms with van der Waals surface area (Å²) in [7, 11) is 0. The average Bonchev–Trinajstić information content (AvgIpc) is 3.39. The Balaban J connectivity index is 1.29. The van der Waals surface area contributed by atoms with Crippen LogP contribution in [0.1, 0.15) is 31.4 Å². The normalized spacial score (nSPS) is 18.5. The van der Waals surface area contributed by atoms with Crippen LogP contribution in [0.2, 0.25) is 5.02 Å². The van der Waals surface area contributed by atoms with Crippen molar-refractivity contribution in [2.75, 3.05) is 13.1 Å². The van der Waals surface area contributed by atoms with Gasteiger partial charge in [-0.2, -0.15) is 0 Å². The van der Waals surface area contributed by atoms with Crippen molar-refractivity contribution in [2.24, 2.45) is 11.8 Å². The van der Waals surface area contributed by atoms with Crippen molar-refractivity contribution in [3.8, 4) is 0 Å². The van der Waals surface area contributed by atoms with Crippen LogP contribution in [0.4, 0.5) is 0 Å². The molecule has 3 heterocycles. The first-order valence-corrected chi connectivity index (χ1v) is 9.17. The summed E-state index contributed by atoms with van der Waals surface area (Å²) in [4.78, 5) is 30.8. The van der Waals surface area contributed by atoms with Gasteiger partial charge in [0.2, 0.25) is 11.8 Å². The minimum absolute atomic E-state index is 0.0188. The molecule has 0 bridgehead atoms. The SMILES string of the molecule is O=C(NCc1cn2cc(Cl)ccc2n1)C1CCN(C(=O)C2CC2)CC1. The molecule has 1 saturated carbocycles. The second-order valence-corrected chi connectivity index (χ2v) is 7.37. The summed E-state index contributed by atoms with van der Waals surface area (Å²) >= 11 is 5.97. The van der Waals surface area contributed by atoms with E-state index < -0.39 is 0 Å². The number of rotatable bonds is 4. The lowest BCUT2D eigenvalue weighted by Gasteiger charge is -2.31. The molecule has 0 spiro atoms. The van der Waals surface area contributed by atoms with E-state index in [0.29, 0.717) is 24.7 Å². The number of fused-ring (bicyclic) bond motifs is 1. The molecule has 1 N–H and O–H groups in total. The number of carbonyl (C=O) groups is 2. The van der Waals surface area contributed by atoms with Crippen molar-refractivity contribution in [3.05, 3.63) is 35.2 Å². The van der Waals surface area contributed by atoms with Crippen molar-refractivity contribution in [1.82, 2.24) is 19.6 Å². The molecule has 0 atom stereocenters. The third-order valence-electron chi connectivity index (χ3n) is 5.01. The Hall–Kier alpha value is -2.08. The summed E-state index contributed by atoms with van der Waals surface area (Å²) in [5.74, 6) is 0.569. The number of likely N-dealkylation sites (tertiary alicyclic amines) is 1. The van der Waals surface area contributed by atoms with Crippen LogP contribution in [0.15, 0.2) is 24.5 Å². The molecule has 4 rings (SSSR count). The third-order valence-corrected chi connectivity index (χ3v) is 5.24. The maximum Gasteiger partial charge on any atom is 0.225 e. The van der Waals surface area contributed by atoms with E-state index in [4.69, 9.17) is 11.6 Å². The number of hydrogen-bond donors (Lipinski definition) is 1. The largest absolute Gasteiger partial charge is 0.350 e. The second kappa shape index (κ2) is 6.67. The lowest BCUT2D eigenvalue weighted by molar-refractivity contribution is -0.136. The van der Waals surface area contributed by atoms with Crippen LogP contribution in [-0.4, -0.2) is 39.2 Å². The van der Waals surface area contributed by atoms with Crippen LogP contribution in [0.25, 0.3) is 5.65 Å². The Morgan fingerprint density at radius 3 is 2.60 bits per heavy atom. The van der Waals surface area contributed by atoms with Crippen LogP contribution < -0.4 is 5.32 Å². The summed E-state index contributed by atoms with van der Waals surface area (Å²) in [5, 5.41) is 3.62. The molecule has 25 heavy (non-hydrogen) atoms. The fourth-order valence-electron chi connectivity index (χ4n) is 3.37. The molecule has 0 unspecified atom stereocenters. The highest BCUT2D eigenvalue weighted by atomic mass is 35.5. The number of halogens is 1. The standard InChI is InChI=1S/C18H21ClN4O2/c19-14-3-4-16-21-15(11-23(16)10-14)9-20-17(24)12-5-7-22(8-6-12)18(25)13-1-2-13/h3-4,10-13H,1-2,5-9H2,(H,20,24). The molecular formula is C18H21ClN4O2. The highest BCUT2D eigenvalue weighted by Gasteiger charge is 2.35. The first-order chi connectivity index (χ1) is 12.1. The molecule has 1 saturated heterocycles. The maximum absolute atomic E-state index is 12.4. The van der Waals surface area contributed by atoms with E-state index in [-0.39, 0.29) is 23.7 Å². The van der Waals surface area contributed by atoms with Crippen LogP contribution in [0.5, 0.6) is 0 Å². The lowest BCUT2D eigenvalue weighted by Crippen LogP contribution is -2.43. The monoisotopic (exact) mass is 360 g/mol. The van der Waals surface area contributed by atoms with Crippen molar-refractivity contribution < 1.29 is 9.59 Å². The number of imidazole rings is 1. The highest BCUT2D eigenvalue weighted by molar-refractivity contribution is 6.30. The van der Waals surface area contributed by atoms with Gasteiger partial charge in [-0.05, 0) is 37.8 Å². The van der Waals surface area contributed by atoms with Gasteiger partial charge in [-0.1, -0.05) is 11.6 Å². The summed E-state index contributed by atoms with van der Waals surface area (Å²) in [6, 6.07) is 3.64. The van der Waals surface area contributed by atoms with Gasteiger partial charge in [0.05, 0.1) is 17.3 Å². The predicted molar refractivity (Wildman–Crippen MR) is 94.1 cm³/mol. The number of piperidine rings is 1. The minimum Gasteiger partial charge on any atom is -0.350 e. The quantitative estimate of drug-likeness (QED) is 0.909. The number of amides is 2. The average molecular weight is 361 g/mol. The van der Waals surface area contributed by atoms with E-state index in [1.165, 1.54) is 0 Å². The Morgan fingerprint density at radius 1 is 1.12 bits per heavy atom. The molecule has 0 radical (unpaired) electrons. The molecule has 1 aliphatic heterocycles. The fraction of sp³-hybridized carbons (Fsp3) is 0.500. The number of nitrogens with zero attached hydrogens (tertiary/aromatic N) is 3. The van der Waals surface area contributed by atoms with Gasteiger partial charge in [0, 0.05) is 37.3 Å². The molecule has 132 valence electrons. The van der Waals surface area contributed by atoms with E-state index in [1.807, 2.05) is 21.6 Å². The highest BCUT2D eigenvalue weighted by Crippen LogP contribution is 2.32. The van der Waals surface area contributed by atoms with E-state index in [0.717, 1.165) is 37.0 Å². The van der Waals surface area contributed by atoms with Crippen LogP contribution >= 0.6 is 11.6 Å². The molecular weight excluding hydrogens is 340 g/mol. The molecule has 2 aliphatic rings. The van der Waals surface area contributed by atoms with Gasteiger partial charge >= 0.3 is 0 Å². The second-order valence-electron chi connectivity index (χ2n) is 6.94. The van der Waals surface area contributed by atoms with E-state index in [9.17, 15) is 9.59 Å². The topological polar surface area (TPSA) is 66.7 Å². The summed E-state index contributed by atoms with van der Waals surface area (Å²) < 4.78 is 1.85. The van der Waals surface area contributed by atoms with Crippen LogP contribution in [-0.2, 0) is 16.1 Å². The number of hydrogen-bond acceptors (Lipinski definition) is 3. The molecule has 2 fully saturated rings. The first kappa shape index (κ1) is 16.4. The zero-order valence-electron chi connectivity index (χ0n) is 13.9. The Labute approximate surface area is 151 Å². The van der Waals surface area contributed by atoms with Crippen LogP contribution in [0.3, 0.4) is 0 Å². The van der Waals surface area contributed by atoms with Gasteiger partial charge in [0.1, 0.15) is 5.65 Å². The predicted octanol–water partition coefficient (Wildman–Crippen LogP) is 2.25. The summed E-state index contributed by atoms with van der Waals surface area (Å²) in [6.45, 7) is 1.79. The summed E-state index contributed by atoms with van der Waals surface area (Å²) in [5.41, 5.74) is 1.61. The maximum atomic E-state index is 12.4. The van der Waals surface area contributed by atoms with Gasteiger partial charge in [-0.15, -0.1) is 0 Å². The van der Waals surface area contributed by atoms with Crippen molar-refractivity contribution in [1.29, 1.82) is 0 Å². The van der Waals surface area contributed by atoms with E-state index >= 15 is 0 Å². The molecule has 1 aliphatic carbocycles. The third kappa shape index (κ3) is 3.63. The number of nitrogens with one attached hydrogen (secondary N) is 1. The molecule has 2 aromatic heterocycles. The van der Waals surface area contributed by atoms with Gasteiger partial charge in [0.25, 0.3) is 0 Å². The smallest absolute Gasteiger partial charge is 0.225 e. The minimum atomic E-state index is -0.0188. The first-order valence-electron chi connectivity index (χ1n) is 8.80. The number of carbonyl (C=O) groups excluding carboxylic acids is 2. The van der Waals surface area contributed by atoms with Gasteiger partial charge in [-0.3, -0.25) is 9.59 Å². The van der Waals surface area contributed by atoms with E-state index in [2.05, 4.69) is 10.3 Å². The molecule has 6 nitrogen and oxygen atoms in total. The van der Waals surface area contributed by atoms with Gasteiger partial charge in [-0.25, -0.2) is 4.98 Å². The zero-order chi connectivity index (χ0) is 17.4. The Kier molecular flexibility index (Phi) is 4.37. The lowest BCUT2D eigenvalue weighted by atomic mass is 9.95. The van der Waals surface area contributed by atoms with Crippen LogP contribution in [0, 0.1) is 11.8 Å². The molecule has 2 aromatic rings. The molecule has 7 heteroatoms. The fourth-order valence-corrected chi connectivity index (χ4v) is 3.54. The van der Waals surface area contributed by atoms with Crippen molar-refractivity contribution in [2.45, 2.75) is 32.2 Å². The molecule has 2 amide bonds. The van der Waals surface area contributed by atoms with Crippen molar-refractivity contribution >= 4 is 29.1 Å². The number of pyridine rings is 1. The summed E-state index contributed by atoms with van der Waals surface area (Å²) in [6.07, 6.45) is 7.21. The number of aromatic nitrogens is 2. The van der Waals surface area contributed by atoms with Gasteiger partial charge < -0.3 is 14.6 Å². The van der Waals surface area contributed by atoms with E-state index in [1.54, 1.807) is 12.3 Å². The Bertz CT molecular complexity index is 807. The van der Waals surface area contributed by atoms with Gasteiger partial charge in [0.15, 0.2) is 0 Å². The Morgan fingerprint density at radius 2 is 1.88 bits per heavy atom. The molecule has 0 aromatic carbocycles. The van der Waals surface area contributed by atoms with Crippen molar-refractivity contribution in [3.63, 3.8) is 0 Å².